The van der Waals surface area contributed by atoms with Gasteiger partial charge in [-0.2, -0.15) is 4.31 Å². The smallest absolute Gasteiger partial charge is 0.315 e. The van der Waals surface area contributed by atoms with E-state index >= 15 is 0 Å². The Bertz CT molecular complexity index is 1180. The molecule has 36 heavy (non-hydrogen) atoms. The van der Waals surface area contributed by atoms with Crippen LogP contribution in [0, 0.1) is 5.41 Å². The van der Waals surface area contributed by atoms with Crippen molar-refractivity contribution in [2.75, 3.05) is 38.0 Å². The molecule has 1 atom stereocenters. The molecule has 2 aliphatic rings. The second-order valence-corrected chi connectivity index (χ2v) is 12.8. The summed E-state index contributed by atoms with van der Waals surface area (Å²) in [4.78, 5) is 15.5. The van der Waals surface area contributed by atoms with Gasteiger partial charge in [0.2, 0.25) is 10.0 Å². The fraction of sp³-hybridized carbons (Fsp3) is 0.519. The van der Waals surface area contributed by atoms with E-state index in [0.717, 1.165) is 35.6 Å². The van der Waals surface area contributed by atoms with Crippen molar-refractivity contribution in [2.45, 2.75) is 61.8 Å². The lowest BCUT2D eigenvalue weighted by Gasteiger charge is -2.29. The SMILES string of the molecule is CCCCC1CN(c2ccccc2)c2cc(SCC)c(OCC3(C(=O)OC)CC3)cc2S(=O)(=O)N1C. The van der Waals surface area contributed by atoms with Crippen LogP contribution in [-0.4, -0.2) is 57.8 Å². The minimum atomic E-state index is -3.78. The number of rotatable bonds is 10. The van der Waals surface area contributed by atoms with Crippen LogP contribution in [0.2, 0.25) is 0 Å². The maximum absolute atomic E-state index is 13.9. The van der Waals surface area contributed by atoms with Gasteiger partial charge in [-0.05, 0) is 43.2 Å². The molecule has 0 radical (unpaired) electrons. The maximum Gasteiger partial charge on any atom is 0.315 e. The van der Waals surface area contributed by atoms with E-state index in [1.165, 1.54) is 11.4 Å². The number of hydrogen-bond acceptors (Lipinski definition) is 7. The molecule has 0 amide bonds. The summed E-state index contributed by atoms with van der Waals surface area (Å²) in [6.45, 7) is 4.91. The average molecular weight is 533 g/mol. The van der Waals surface area contributed by atoms with Gasteiger partial charge in [-0.3, -0.25) is 4.79 Å². The van der Waals surface area contributed by atoms with Gasteiger partial charge in [0.25, 0.3) is 0 Å². The Balaban J connectivity index is 1.82. The quantitative estimate of drug-likeness (QED) is 0.297. The van der Waals surface area contributed by atoms with Crippen LogP contribution in [0.25, 0.3) is 0 Å². The molecule has 1 aliphatic heterocycles. The van der Waals surface area contributed by atoms with Crippen LogP contribution < -0.4 is 9.64 Å². The first kappa shape index (κ1) is 26.8. The van der Waals surface area contributed by atoms with Gasteiger partial charge in [0, 0.05) is 31.4 Å². The van der Waals surface area contributed by atoms with Gasteiger partial charge in [-0.25, -0.2) is 8.42 Å². The zero-order chi connectivity index (χ0) is 25.9. The molecule has 1 saturated carbocycles. The topological polar surface area (TPSA) is 76.1 Å². The van der Waals surface area contributed by atoms with Crippen LogP contribution >= 0.6 is 11.8 Å². The molecule has 1 aliphatic carbocycles. The number of fused-ring (bicyclic) bond motifs is 1. The second kappa shape index (κ2) is 11.0. The number of likely N-dealkylation sites (N-methyl/N-ethyl adjacent to an activating group) is 1. The third-order valence-corrected chi connectivity index (χ3v) is 9.97. The Hall–Kier alpha value is -2.23. The summed E-state index contributed by atoms with van der Waals surface area (Å²) >= 11 is 1.60. The van der Waals surface area contributed by atoms with Crippen LogP contribution in [0.3, 0.4) is 0 Å². The summed E-state index contributed by atoms with van der Waals surface area (Å²) < 4.78 is 40.5. The molecule has 1 unspecified atom stereocenters. The van der Waals surface area contributed by atoms with Crippen molar-refractivity contribution < 1.29 is 22.7 Å². The first-order valence-electron chi connectivity index (χ1n) is 12.6. The number of para-hydroxylation sites is 1. The molecule has 2 aromatic rings. The molecular weight excluding hydrogens is 496 g/mol. The summed E-state index contributed by atoms with van der Waals surface area (Å²) in [6, 6.07) is 13.4. The number of unbranched alkanes of at least 4 members (excludes halogenated alkanes) is 1. The standard InChI is InChI=1S/C27H36N2O5S2/c1-5-7-11-21-18-29(20-12-9-8-10-13-20)22-16-24(35-6-2)23(17-25(22)36(31,32)28(21)3)34-19-27(14-15-27)26(30)33-4/h8-10,12-13,16-17,21H,5-7,11,14-15,18-19H2,1-4H3. The third-order valence-electron chi connectivity index (χ3n) is 7.12. The number of esters is 1. The van der Waals surface area contributed by atoms with E-state index in [1.807, 2.05) is 36.4 Å². The van der Waals surface area contributed by atoms with Crippen LogP contribution in [0.15, 0.2) is 52.3 Å². The number of thioether (sulfide) groups is 1. The predicted octanol–water partition coefficient (Wildman–Crippen LogP) is 5.46. The van der Waals surface area contributed by atoms with Gasteiger partial charge < -0.3 is 14.4 Å². The predicted molar refractivity (Wildman–Crippen MR) is 144 cm³/mol. The van der Waals surface area contributed by atoms with Crippen molar-refractivity contribution in [3.05, 3.63) is 42.5 Å². The number of nitrogens with zero attached hydrogens (tertiary/aromatic N) is 2. The monoisotopic (exact) mass is 532 g/mol. The Morgan fingerprint density at radius 2 is 1.89 bits per heavy atom. The maximum atomic E-state index is 13.9. The average Bonchev–Trinajstić information content (AvgIpc) is 3.69. The fourth-order valence-electron chi connectivity index (χ4n) is 4.66. The van der Waals surface area contributed by atoms with E-state index in [2.05, 4.69) is 18.7 Å². The van der Waals surface area contributed by atoms with Crippen molar-refractivity contribution in [2.24, 2.45) is 5.41 Å². The van der Waals surface area contributed by atoms with E-state index in [4.69, 9.17) is 9.47 Å². The number of ether oxygens (including phenoxy) is 2. The summed E-state index contributed by atoms with van der Waals surface area (Å²) in [5.74, 6) is 1.02. The van der Waals surface area contributed by atoms with Crippen LogP contribution in [-0.2, 0) is 19.6 Å². The number of carbonyl (C=O) groups excluding carboxylic acids is 1. The highest BCUT2D eigenvalue weighted by Crippen LogP contribution is 2.49. The first-order chi connectivity index (χ1) is 17.3. The van der Waals surface area contributed by atoms with Crippen molar-refractivity contribution in [3.8, 4) is 5.75 Å². The lowest BCUT2D eigenvalue weighted by atomic mass is 10.1. The highest BCUT2D eigenvalue weighted by molar-refractivity contribution is 7.99. The molecule has 9 heteroatoms. The van der Waals surface area contributed by atoms with E-state index in [1.54, 1.807) is 24.9 Å². The summed E-state index contributed by atoms with van der Waals surface area (Å²) in [5.41, 5.74) is 0.978. The molecule has 4 rings (SSSR count). The van der Waals surface area contributed by atoms with Crippen molar-refractivity contribution >= 4 is 39.1 Å². The minimum Gasteiger partial charge on any atom is -0.491 e. The van der Waals surface area contributed by atoms with E-state index < -0.39 is 15.4 Å². The molecule has 7 nitrogen and oxygen atoms in total. The van der Waals surface area contributed by atoms with Gasteiger partial charge in [-0.1, -0.05) is 44.9 Å². The molecule has 0 bridgehead atoms. The van der Waals surface area contributed by atoms with E-state index in [9.17, 15) is 13.2 Å². The zero-order valence-corrected chi connectivity index (χ0v) is 23.2. The van der Waals surface area contributed by atoms with Crippen LogP contribution in [0.4, 0.5) is 11.4 Å². The molecule has 0 saturated heterocycles. The Morgan fingerprint density at radius 1 is 1.17 bits per heavy atom. The normalized spacial score (nSPS) is 20.3. The first-order valence-corrected chi connectivity index (χ1v) is 15.0. The van der Waals surface area contributed by atoms with Crippen LogP contribution in [0.5, 0.6) is 5.75 Å². The number of benzene rings is 2. The molecule has 0 N–H and O–H groups in total. The van der Waals surface area contributed by atoms with Gasteiger partial charge in [0.15, 0.2) is 0 Å². The highest BCUT2D eigenvalue weighted by atomic mass is 32.2. The fourth-order valence-corrected chi connectivity index (χ4v) is 6.99. The molecule has 1 heterocycles. The van der Waals surface area contributed by atoms with Crippen molar-refractivity contribution in [3.63, 3.8) is 0 Å². The molecule has 196 valence electrons. The Labute approximate surface area is 219 Å². The summed E-state index contributed by atoms with van der Waals surface area (Å²) in [7, 11) is -0.713. The number of sulfonamides is 1. The number of anilines is 2. The van der Waals surface area contributed by atoms with Gasteiger partial charge in [0.05, 0.1) is 17.7 Å². The van der Waals surface area contributed by atoms with E-state index in [-0.39, 0.29) is 23.5 Å². The van der Waals surface area contributed by atoms with Gasteiger partial charge in [-0.15, -0.1) is 11.8 Å². The third kappa shape index (κ3) is 5.24. The lowest BCUT2D eigenvalue weighted by Crippen LogP contribution is -2.40. The van der Waals surface area contributed by atoms with Crippen LogP contribution in [0.1, 0.15) is 46.0 Å². The lowest BCUT2D eigenvalue weighted by molar-refractivity contribution is -0.148. The molecule has 0 aromatic heterocycles. The zero-order valence-electron chi connectivity index (χ0n) is 21.5. The molecule has 2 aromatic carbocycles. The second-order valence-electron chi connectivity index (χ2n) is 9.52. The largest absolute Gasteiger partial charge is 0.491 e. The van der Waals surface area contributed by atoms with Gasteiger partial charge >= 0.3 is 5.97 Å². The molecular formula is C27H36N2O5S2. The Morgan fingerprint density at radius 3 is 2.50 bits per heavy atom. The highest BCUT2D eigenvalue weighted by Gasteiger charge is 2.52. The number of methoxy groups -OCH3 is 1. The van der Waals surface area contributed by atoms with Crippen molar-refractivity contribution in [1.29, 1.82) is 0 Å². The minimum absolute atomic E-state index is 0.164. The Kier molecular flexibility index (Phi) is 8.22. The summed E-state index contributed by atoms with van der Waals surface area (Å²) in [5, 5.41) is 0. The molecule has 1 fully saturated rings. The summed E-state index contributed by atoms with van der Waals surface area (Å²) in [6.07, 6.45) is 4.15. The van der Waals surface area contributed by atoms with E-state index in [0.29, 0.717) is 30.8 Å². The van der Waals surface area contributed by atoms with Crippen molar-refractivity contribution in [1.82, 2.24) is 4.31 Å². The molecule has 0 spiro atoms. The van der Waals surface area contributed by atoms with Gasteiger partial charge in [0.1, 0.15) is 22.7 Å². The number of carbonyl (C=O) groups is 1. The number of hydrogen-bond donors (Lipinski definition) is 0.